The molecule has 1 aromatic carbocycles. The number of methoxy groups -OCH3 is 1. The van der Waals surface area contributed by atoms with E-state index in [1.54, 1.807) is 7.11 Å². The van der Waals surface area contributed by atoms with Crippen LogP contribution in [-0.4, -0.2) is 18.0 Å². The third kappa shape index (κ3) is 1.77. The molecule has 0 heterocycles. The van der Waals surface area contributed by atoms with Crippen molar-refractivity contribution in [3.8, 4) is 11.5 Å². The second-order valence-electron chi connectivity index (χ2n) is 7.56. The van der Waals surface area contributed by atoms with Crippen LogP contribution < -0.4 is 4.74 Å². The molecule has 0 amide bonds. The van der Waals surface area contributed by atoms with Crippen LogP contribution in [0, 0.1) is 17.3 Å². The van der Waals surface area contributed by atoms with Gasteiger partial charge >= 0.3 is 0 Å². The maximum absolute atomic E-state index is 12.3. The second-order valence-corrected chi connectivity index (χ2v) is 7.56. The van der Waals surface area contributed by atoms with Gasteiger partial charge in [0.25, 0.3) is 0 Å². The molecule has 0 bridgehead atoms. The minimum Gasteiger partial charge on any atom is -0.504 e. The minimum atomic E-state index is -0.0698. The van der Waals surface area contributed by atoms with E-state index >= 15 is 0 Å². The molecule has 0 aromatic heterocycles. The number of aromatic hydroxyl groups is 1. The Hall–Kier alpha value is -1.51. The van der Waals surface area contributed by atoms with Crippen LogP contribution in [0.15, 0.2) is 12.1 Å². The molecule has 118 valence electrons. The van der Waals surface area contributed by atoms with Crippen molar-refractivity contribution < 1.29 is 14.6 Å². The standard InChI is InChI=1S/C19H24O3/c1-19-8-7-12-13(15(19)5-6-18(19)21)4-3-11-9-16(20)17(22-2)10-14(11)12/h9-10,12-13,15,20H,3-8H2,1-2H3/t12-,13+,15-,19+/m0/s1. The molecule has 22 heavy (non-hydrogen) atoms. The van der Waals surface area contributed by atoms with Crippen LogP contribution in [0.2, 0.25) is 0 Å². The zero-order valence-corrected chi connectivity index (χ0v) is 13.4. The number of Topliss-reactive ketones (excluding diaryl/α,β-unsaturated/α-hetero) is 1. The van der Waals surface area contributed by atoms with Crippen LogP contribution in [0.1, 0.15) is 56.1 Å². The predicted octanol–water partition coefficient (Wildman–Crippen LogP) is 3.83. The van der Waals surface area contributed by atoms with E-state index in [0.717, 1.165) is 38.5 Å². The van der Waals surface area contributed by atoms with Gasteiger partial charge in [0.15, 0.2) is 11.5 Å². The van der Waals surface area contributed by atoms with Crippen LogP contribution in [0.25, 0.3) is 0 Å². The van der Waals surface area contributed by atoms with Crippen molar-refractivity contribution >= 4 is 5.78 Å². The molecule has 1 N–H and O–H groups in total. The summed E-state index contributed by atoms with van der Waals surface area (Å²) in [6.45, 7) is 2.20. The Labute approximate surface area is 131 Å². The average Bonchev–Trinajstić information content (AvgIpc) is 2.82. The lowest BCUT2D eigenvalue weighted by atomic mass is 9.55. The van der Waals surface area contributed by atoms with E-state index < -0.39 is 0 Å². The van der Waals surface area contributed by atoms with Crippen LogP contribution >= 0.6 is 0 Å². The summed E-state index contributed by atoms with van der Waals surface area (Å²) in [7, 11) is 1.61. The van der Waals surface area contributed by atoms with Crippen molar-refractivity contribution in [3.05, 3.63) is 23.3 Å². The van der Waals surface area contributed by atoms with Gasteiger partial charge in [0.1, 0.15) is 5.78 Å². The molecule has 3 nitrogen and oxygen atoms in total. The van der Waals surface area contributed by atoms with E-state index in [1.807, 2.05) is 12.1 Å². The van der Waals surface area contributed by atoms with Gasteiger partial charge in [-0.3, -0.25) is 4.79 Å². The first-order chi connectivity index (χ1) is 10.5. The monoisotopic (exact) mass is 300 g/mol. The van der Waals surface area contributed by atoms with Gasteiger partial charge in [0.2, 0.25) is 0 Å². The highest BCUT2D eigenvalue weighted by Gasteiger charge is 2.54. The normalized spacial score (nSPS) is 36.5. The summed E-state index contributed by atoms with van der Waals surface area (Å²) in [6, 6.07) is 3.93. The molecule has 0 radical (unpaired) electrons. The van der Waals surface area contributed by atoms with Crippen LogP contribution in [0.4, 0.5) is 0 Å². The largest absolute Gasteiger partial charge is 0.504 e. The zero-order chi connectivity index (χ0) is 15.5. The molecule has 2 fully saturated rings. The van der Waals surface area contributed by atoms with Gasteiger partial charge in [0, 0.05) is 11.8 Å². The molecule has 1 aromatic rings. The van der Waals surface area contributed by atoms with E-state index in [9.17, 15) is 9.90 Å². The summed E-state index contributed by atoms with van der Waals surface area (Å²) in [5.41, 5.74) is 2.56. The summed E-state index contributed by atoms with van der Waals surface area (Å²) in [5.74, 6) is 3.01. The Kier molecular flexibility index (Phi) is 3.04. The molecule has 0 saturated heterocycles. The first-order valence-corrected chi connectivity index (χ1v) is 8.47. The lowest BCUT2D eigenvalue weighted by Crippen LogP contribution is -2.42. The van der Waals surface area contributed by atoms with Crippen molar-refractivity contribution in [2.24, 2.45) is 17.3 Å². The summed E-state index contributed by atoms with van der Waals surface area (Å²) >= 11 is 0. The maximum Gasteiger partial charge on any atom is 0.160 e. The number of benzene rings is 1. The minimum absolute atomic E-state index is 0.0698. The predicted molar refractivity (Wildman–Crippen MR) is 84.3 cm³/mol. The molecule has 4 rings (SSSR count). The second kappa shape index (κ2) is 4.74. The Morgan fingerprint density at radius 3 is 2.82 bits per heavy atom. The maximum atomic E-state index is 12.3. The molecular formula is C19H24O3. The number of carbonyl (C=O) groups is 1. The number of rotatable bonds is 1. The Morgan fingerprint density at radius 1 is 1.23 bits per heavy atom. The molecular weight excluding hydrogens is 276 g/mol. The van der Waals surface area contributed by atoms with Gasteiger partial charge in [0.05, 0.1) is 7.11 Å². The molecule has 0 aliphatic heterocycles. The van der Waals surface area contributed by atoms with Crippen molar-refractivity contribution in [3.63, 3.8) is 0 Å². The fourth-order valence-electron chi connectivity index (χ4n) is 5.52. The van der Waals surface area contributed by atoms with Crippen LogP contribution in [0.3, 0.4) is 0 Å². The molecule has 3 aliphatic rings. The van der Waals surface area contributed by atoms with E-state index in [0.29, 0.717) is 29.3 Å². The van der Waals surface area contributed by atoms with E-state index in [-0.39, 0.29) is 11.2 Å². The number of carbonyl (C=O) groups excluding carboxylic acids is 1. The number of fused-ring (bicyclic) bond motifs is 5. The third-order valence-corrected chi connectivity index (χ3v) is 6.73. The molecule has 3 heteroatoms. The molecule has 0 unspecified atom stereocenters. The van der Waals surface area contributed by atoms with Gasteiger partial charge in [-0.2, -0.15) is 0 Å². The van der Waals surface area contributed by atoms with Crippen molar-refractivity contribution in [2.75, 3.05) is 7.11 Å². The highest BCUT2D eigenvalue weighted by Crippen LogP contribution is 2.60. The number of ketones is 1. The van der Waals surface area contributed by atoms with Crippen molar-refractivity contribution in [2.45, 2.75) is 51.4 Å². The summed E-state index contributed by atoms with van der Waals surface area (Å²) in [5, 5.41) is 10.0. The van der Waals surface area contributed by atoms with Crippen molar-refractivity contribution in [1.82, 2.24) is 0 Å². The zero-order valence-electron chi connectivity index (χ0n) is 13.4. The number of phenols is 1. The van der Waals surface area contributed by atoms with E-state index in [2.05, 4.69) is 6.92 Å². The van der Waals surface area contributed by atoms with Crippen LogP contribution in [0.5, 0.6) is 11.5 Å². The molecule has 0 spiro atoms. The Bertz CT molecular complexity index is 636. The Morgan fingerprint density at radius 2 is 2.05 bits per heavy atom. The van der Waals surface area contributed by atoms with Crippen molar-refractivity contribution in [1.29, 1.82) is 0 Å². The number of ether oxygens (including phenoxy) is 1. The number of phenolic OH excluding ortho intramolecular Hbond substituents is 1. The highest BCUT2D eigenvalue weighted by molar-refractivity contribution is 5.87. The van der Waals surface area contributed by atoms with Crippen LogP contribution in [-0.2, 0) is 11.2 Å². The fourth-order valence-corrected chi connectivity index (χ4v) is 5.52. The first-order valence-electron chi connectivity index (χ1n) is 8.47. The van der Waals surface area contributed by atoms with Gasteiger partial charge in [-0.1, -0.05) is 6.92 Å². The highest BCUT2D eigenvalue weighted by atomic mass is 16.5. The molecule has 3 aliphatic carbocycles. The summed E-state index contributed by atoms with van der Waals surface area (Å²) in [6.07, 6.45) is 6.10. The van der Waals surface area contributed by atoms with Gasteiger partial charge in [-0.25, -0.2) is 0 Å². The van der Waals surface area contributed by atoms with Gasteiger partial charge in [-0.05, 0) is 73.1 Å². The summed E-state index contributed by atoms with van der Waals surface area (Å²) < 4.78 is 5.31. The molecule has 2 saturated carbocycles. The summed E-state index contributed by atoms with van der Waals surface area (Å²) in [4.78, 5) is 12.3. The van der Waals surface area contributed by atoms with E-state index in [1.165, 1.54) is 11.1 Å². The first kappa shape index (κ1) is 14.1. The number of hydrogen-bond donors (Lipinski definition) is 1. The quantitative estimate of drug-likeness (QED) is 0.857. The molecule has 4 atom stereocenters. The van der Waals surface area contributed by atoms with Gasteiger partial charge in [-0.15, -0.1) is 0 Å². The average molecular weight is 300 g/mol. The fraction of sp³-hybridized carbons (Fsp3) is 0.632. The van der Waals surface area contributed by atoms with E-state index in [4.69, 9.17) is 4.74 Å². The number of aryl methyl sites for hydroxylation is 1. The number of hydrogen-bond acceptors (Lipinski definition) is 3. The lowest BCUT2D eigenvalue weighted by molar-refractivity contribution is -0.129. The third-order valence-electron chi connectivity index (χ3n) is 6.73. The topological polar surface area (TPSA) is 46.5 Å². The Balaban J connectivity index is 1.74. The SMILES string of the molecule is COc1cc2c(cc1O)CC[C@@H]1[C@@H]2CC[C@@]2(C)C(=O)CC[C@@H]12. The lowest BCUT2D eigenvalue weighted by Gasteiger charge is -2.48. The smallest absolute Gasteiger partial charge is 0.160 e. The van der Waals surface area contributed by atoms with Gasteiger partial charge < -0.3 is 9.84 Å².